The van der Waals surface area contributed by atoms with E-state index in [1.165, 1.54) is 17.0 Å². The van der Waals surface area contributed by atoms with Gasteiger partial charge in [-0.05, 0) is 36.8 Å². The molecule has 1 heterocycles. The van der Waals surface area contributed by atoms with E-state index >= 15 is 0 Å². The van der Waals surface area contributed by atoms with E-state index in [4.69, 9.17) is 5.11 Å². The predicted molar refractivity (Wildman–Crippen MR) is 86.2 cm³/mol. The third-order valence-electron chi connectivity index (χ3n) is 3.18. The van der Waals surface area contributed by atoms with Crippen molar-refractivity contribution >= 4 is 23.3 Å². The van der Waals surface area contributed by atoms with Gasteiger partial charge in [0.1, 0.15) is 0 Å². The molecule has 0 bridgehead atoms. The number of hydrogen-bond donors (Lipinski definition) is 2. The Balaban J connectivity index is 1.85. The van der Waals surface area contributed by atoms with Gasteiger partial charge in [0.2, 0.25) is 0 Å². The molecule has 0 unspecified atom stereocenters. The number of nitrogens with zero attached hydrogens (tertiary/aromatic N) is 1. The molecule has 22 heavy (non-hydrogen) atoms. The SMILES string of the molecule is Cc1ccc(CN(C)C(=O)NCc2ccc(C(=O)O)cc2)s1. The molecule has 0 saturated heterocycles. The van der Waals surface area contributed by atoms with Gasteiger partial charge in [-0.1, -0.05) is 12.1 Å². The minimum Gasteiger partial charge on any atom is -0.478 e. The van der Waals surface area contributed by atoms with Gasteiger partial charge in [-0.3, -0.25) is 0 Å². The molecule has 2 amide bonds. The molecule has 0 fully saturated rings. The topological polar surface area (TPSA) is 69.6 Å². The highest BCUT2D eigenvalue weighted by Crippen LogP contribution is 2.16. The van der Waals surface area contributed by atoms with Crippen molar-refractivity contribution in [2.45, 2.75) is 20.0 Å². The van der Waals surface area contributed by atoms with Crippen molar-refractivity contribution in [3.63, 3.8) is 0 Å². The number of hydrogen-bond acceptors (Lipinski definition) is 3. The smallest absolute Gasteiger partial charge is 0.335 e. The molecule has 0 atom stereocenters. The lowest BCUT2D eigenvalue weighted by molar-refractivity contribution is 0.0697. The van der Waals surface area contributed by atoms with Gasteiger partial charge in [0, 0.05) is 23.3 Å². The van der Waals surface area contributed by atoms with Gasteiger partial charge < -0.3 is 15.3 Å². The number of nitrogens with one attached hydrogen (secondary N) is 1. The molecule has 1 aromatic heterocycles. The minimum atomic E-state index is -0.957. The Hall–Kier alpha value is -2.34. The summed E-state index contributed by atoms with van der Waals surface area (Å²) < 4.78 is 0. The summed E-state index contributed by atoms with van der Waals surface area (Å²) in [4.78, 5) is 26.8. The summed E-state index contributed by atoms with van der Waals surface area (Å²) in [5, 5.41) is 11.7. The number of carboxylic acids is 1. The number of carboxylic acid groups (broad SMARTS) is 1. The third kappa shape index (κ3) is 4.33. The van der Waals surface area contributed by atoms with E-state index < -0.39 is 5.97 Å². The van der Waals surface area contributed by atoms with Crippen molar-refractivity contribution < 1.29 is 14.7 Å². The maximum Gasteiger partial charge on any atom is 0.335 e. The highest BCUT2D eigenvalue weighted by atomic mass is 32.1. The van der Waals surface area contributed by atoms with Crippen molar-refractivity contribution in [1.29, 1.82) is 0 Å². The molecule has 0 radical (unpaired) electrons. The summed E-state index contributed by atoms with van der Waals surface area (Å²) in [5.74, 6) is -0.957. The summed E-state index contributed by atoms with van der Waals surface area (Å²) >= 11 is 1.67. The van der Waals surface area contributed by atoms with Crippen LogP contribution >= 0.6 is 11.3 Å². The molecule has 0 aliphatic carbocycles. The monoisotopic (exact) mass is 318 g/mol. The molecular weight excluding hydrogens is 300 g/mol. The third-order valence-corrected chi connectivity index (χ3v) is 4.17. The Labute approximate surface area is 133 Å². The number of carbonyl (C=O) groups is 2. The molecule has 1 aromatic carbocycles. The minimum absolute atomic E-state index is 0.159. The second kappa shape index (κ2) is 7.09. The number of amides is 2. The number of thiophene rings is 1. The van der Waals surface area contributed by atoms with Gasteiger partial charge >= 0.3 is 12.0 Å². The van der Waals surface area contributed by atoms with Crippen molar-refractivity contribution in [3.8, 4) is 0 Å². The van der Waals surface area contributed by atoms with Crippen LogP contribution in [0, 0.1) is 6.92 Å². The Morgan fingerprint density at radius 3 is 2.41 bits per heavy atom. The van der Waals surface area contributed by atoms with Crippen LogP contribution in [0.5, 0.6) is 0 Å². The van der Waals surface area contributed by atoms with E-state index in [2.05, 4.69) is 5.32 Å². The number of rotatable bonds is 5. The highest BCUT2D eigenvalue weighted by Gasteiger charge is 2.10. The first-order chi connectivity index (χ1) is 10.5. The van der Waals surface area contributed by atoms with Gasteiger partial charge in [-0.15, -0.1) is 11.3 Å². The Bertz CT molecular complexity index is 664. The van der Waals surface area contributed by atoms with E-state index in [1.54, 1.807) is 35.4 Å². The van der Waals surface area contributed by atoms with E-state index in [-0.39, 0.29) is 11.6 Å². The summed E-state index contributed by atoms with van der Waals surface area (Å²) in [5.41, 5.74) is 1.10. The first-order valence-electron chi connectivity index (χ1n) is 6.82. The van der Waals surface area contributed by atoms with Crippen LogP contribution in [0.1, 0.15) is 25.7 Å². The lowest BCUT2D eigenvalue weighted by atomic mass is 10.1. The van der Waals surface area contributed by atoms with Crippen molar-refractivity contribution in [3.05, 3.63) is 57.3 Å². The van der Waals surface area contributed by atoms with E-state index in [1.807, 2.05) is 19.1 Å². The summed E-state index contributed by atoms with van der Waals surface area (Å²) in [6, 6.07) is 10.4. The first-order valence-corrected chi connectivity index (χ1v) is 7.64. The quantitative estimate of drug-likeness (QED) is 0.890. The van der Waals surface area contributed by atoms with E-state index in [0.717, 1.165) is 10.4 Å². The summed E-state index contributed by atoms with van der Waals surface area (Å²) in [7, 11) is 1.75. The predicted octanol–water partition coefficient (Wildman–Crippen LogP) is 3.10. The molecule has 2 N–H and O–H groups in total. The average molecular weight is 318 g/mol. The standard InChI is InChI=1S/C16H18N2O3S/c1-11-3-8-14(22-11)10-18(2)16(21)17-9-12-4-6-13(7-5-12)15(19)20/h3-8H,9-10H2,1-2H3,(H,17,21)(H,19,20). The number of carbonyl (C=O) groups excluding carboxylic acids is 1. The number of urea groups is 1. The van der Waals surface area contributed by atoms with Crippen LogP contribution in [-0.4, -0.2) is 29.1 Å². The summed E-state index contributed by atoms with van der Waals surface area (Å²) in [6.45, 7) is 2.98. The molecule has 2 rings (SSSR count). The Morgan fingerprint density at radius 1 is 1.18 bits per heavy atom. The zero-order valence-corrected chi connectivity index (χ0v) is 13.3. The van der Waals surface area contributed by atoms with Gasteiger partial charge in [-0.25, -0.2) is 9.59 Å². The second-order valence-electron chi connectivity index (χ2n) is 5.03. The fourth-order valence-electron chi connectivity index (χ4n) is 1.95. The Kier molecular flexibility index (Phi) is 5.16. The maximum atomic E-state index is 12.0. The molecule has 0 spiro atoms. The molecular formula is C16H18N2O3S. The molecule has 6 heteroatoms. The zero-order chi connectivity index (χ0) is 16.1. The number of aromatic carboxylic acids is 1. The number of benzene rings is 1. The van der Waals surface area contributed by atoms with Crippen LogP contribution in [0.2, 0.25) is 0 Å². The summed E-state index contributed by atoms with van der Waals surface area (Å²) in [6.07, 6.45) is 0. The van der Waals surface area contributed by atoms with Crippen LogP contribution in [0.15, 0.2) is 36.4 Å². The zero-order valence-electron chi connectivity index (χ0n) is 12.5. The van der Waals surface area contributed by atoms with Crippen LogP contribution in [0.25, 0.3) is 0 Å². The first kappa shape index (κ1) is 16.0. The fraction of sp³-hybridized carbons (Fsp3) is 0.250. The van der Waals surface area contributed by atoms with Gasteiger partial charge in [0.05, 0.1) is 12.1 Å². The van der Waals surface area contributed by atoms with E-state index in [9.17, 15) is 9.59 Å². The van der Waals surface area contributed by atoms with Crippen LogP contribution in [0.3, 0.4) is 0 Å². The van der Waals surface area contributed by atoms with Gasteiger partial charge in [0.25, 0.3) is 0 Å². The molecule has 116 valence electrons. The van der Waals surface area contributed by atoms with Crippen molar-refractivity contribution in [2.75, 3.05) is 7.05 Å². The van der Waals surface area contributed by atoms with Crippen LogP contribution in [0.4, 0.5) is 4.79 Å². The van der Waals surface area contributed by atoms with E-state index in [0.29, 0.717) is 13.1 Å². The highest BCUT2D eigenvalue weighted by molar-refractivity contribution is 7.11. The lowest BCUT2D eigenvalue weighted by Crippen LogP contribution is -2.36. The fourth-order valence-corrected chi connectivity index (χ4v) is 2.90. The molecule has 0 aliphatic rings. The van der Waals surface area contributed by atoms with Crippen LogP contribution < -0.4 is 5.32 Å². The maximum absolute atomic E-state index is 12.0. The average Bonchev–Trinajstić information content (AvgIpc) is 2.90. The van der Waals surface area contributed by atoms with Gasteiger partial charge in [-0.2, -0.15) is 0 Å². The van der Waals surface area contributed by atoms with Crippen molar-refractivity contribution in [1.82, 2.24) is 10.2 Å². The normalized spacial score (nSPS) is 10.3. The Morgan fingerprint density at radius 2 is 1.86 bits per heavy atom. The second-order valence-corrected chi connectivity index (χ2v) is 6.40. The molecule has 2 aromatic rings. The number of aryl methyl sites for hydroxylation is 1. The largest absolute Gasteiger partial charge is 0.478 e. The van der Waals surface area contributed by atoms with Crippen LogP contribution in [-0.2, 0) is 13.1 Å². The molecule has 0 saturated carbocycles. The van der Waals surface area contributed by atoms with Gasteiger partial charge in [0.15, 0.2) is 0 Å². The lowest BCUT2D eigenvalue weighted by Gasteiger charge is -2.17. The van der Waals surface area contributed by atoms with Crippen molar-refractivity contribution in [2.24, 2.45) is 0 Å². The molecule has 0 aliphatic heterocycles. The molecule has 5 nitrogen and oxygen atoms in total.